The van der Waals surface area contributed by atoms with Gasteiger partial charge in [0.1, 0.15) is 18.1 Å². The molecule has 2 aromatic carbocycles. The molecule has 3 nitrogen and oxygen atoms in total. The average Bonchev–Trinajstić information content (AvgIpc) is 3.03. The van der Waals surface area contributed by atoms with E-state index in [0.717, 1.165) is 17.0 Å². The van der Waals surface area contributed by atoms with Crippen LogP contribution in [0.15, 0.2) is 65.2 Å². The van der Waals surface area contributed by atoms with Crippen LogP contribution in [-0.4, -0.2) is 5.16 Å². The van der Waals surface area contributed by atoms with Crippen LogP contribution < -0.4 is 4.74 Å². The molecule has 0 aliphatic heterocycles. The second-order valence-corrected chi connectivity index (χ2v) is 5.56. The van der Waals surface area contributed by atoms with Crippen LogP contribution >= 0.6 is 0 Å². The summed E-state index contributed by atoms with van der Waals surface area (Å²) in [6, 6.07) is 20.0. The van der Waals surface area contributed by atoms with Crippen LogP contribution in [-0.2, 0) is 6.61 Å². The van der Waals surface area contributed by atoms with Gasteiger partial charge < -0.3 is 9.26 Å². The van der Waals surface area contributed by atoms with Gasteiger partial charge in [-0.3, -0.25) is 0 Å². The topological polar surface area (TPSA) is 35.3 Å². The highest BCUT2D eigenvalue weighted by atomic mass is 16.5. The molecular formula is C19H19NO2. The summed E-state index contributed by atoms with van der Waals surface area (Å²) >= 11 is 0. The molecule has 0 saturated carbocycles. The average molecular weight is 293 g/mol. The SMILES string of the molecule is CC(C)c1ccc(OCc2cc(-c3ccccc3)no2)cc1. The molecule has 0 radical (unpaired) electrons. The van der Waals surface area contributed by atoms with Crippen LogP contribution in [0.4, 0.5) is 0 Å². The summed E-state index contributed by atoms with van der Waals surface area (Å²) in [5, 5.41) is 4.08. The zero-order valence-electron chi connectivity index (χ0n) is 12.8. The highest BCUT2D eigenvalue weighted by molar-refractivity contribution is 5.58. The Kier molecular flexibility index (Phi) is 4.24. The van der Waals surface area contributed by atoms with E-state index in [1.54, 1.807) is 0 Å². The van der Waals surface area contributed by atoms with Crippen molar-refractivity contribution in [3.63, 3.8) is 0 Å². The van der Waals surface area contributed by atoms with Gasteiger partial charge >= 0.3 is 0 Å². The van der Waals surface area contributed by atoms with Crippen molar-refractivity contribution >= 4 is 0 Å². The Balaban J connectivity index is 1.63. The Bertz CT molecular complexity index is 715. The lowest BCUT2D eigenvalue weighted by molar-refractivity contribution is 0.249. The highest BCUT2D eigenvalue weighted by Gasteiger charge is 2.07. The predicted molar refractivity (Wildman–Crippen MR) is 86.8 cm³/mol. The van der Waals surface area contributed by atoms with Crippen molar-refractivity contribution in [1.82, 2.24) is 5.16 Å². The summed E-state index contributed by atoms with van der Waals surface area (Å²) in [5.41, 5.74) is 3.17. The summed E-state index contributed by atoms with van der Waals surface area (Å²) in [6.07, 6.45) is 0. The number of hydrogen-bond donors (Lipinski definition) is 0. The molecule has 0 fully saturated rings. The van der Waals surface area contributed by atoms with Crippen LogP contribution in [0.25, 0.3) is 11.3 Å². The normalized spacial score (nSPS) is 10.9. The van der Waals surface area contributed by atoms with Crippen molar-refractivity contribution in [3.05, 3.63) is 72.0 Å². The maximum absolute atomic E-state index is 5.74. The fourth-order valence-corrected chi connectivity index (χ4v) is 2.23. The van der Waals surface area contributed by atoms with Gasteiger partial charge in [0.25, 0.3) is 0 Å². The molecule has 3 aromatic rings. The number of hydrogen-bond acceptors (Lipinski definition) is 3. The van der Waals surface area contributed by atoms with Gasteiger partial charge in [-0.1, -0.05) is 61.5 Å². The molecule has 0 aliphatic rings. The van der Waals surface area contributed by atoms with Crippen molar-refractivity contribution in [2.24, 2.45) is 0 Å². The van der Waals surface area contributed by atoms with E-state index < -0.39 is 0 Å². The van der Waals surface area contributed by atoms with Crippen molar-refractivity contribution in [3.8, 4) is 17.0 Å². The summed E-state index contributed by atoms with van der Waals surface area (Å²) in [6.45, 7) is 4.73. The Labute approximate surface area is 130 Å². The van der Waals surface area contributed by atoms with Gasteiger partial charge in [-0.15, -0.1) is 0 Å². The minimum Gasteiger partial charge on any atom is -0.486 e. The van der Waals surface area contributed by atoms with Gasteiger partial charge in [0.05, 0.1) is 0 Å². The molecule has 0 spiro atoms. The maximum Gasteiger partial charge on any atom is 0.174 e. The molecule has 0 bridgehead atoms. The quantitative estimate of drug-likeness (QED) is 0.660. The highest BCUT2D eigenvalue weighted by Crippen LogP contribution is 2.21. The van der Waals surface area contributed by atoms with Gasteiger partial charge in [0, 0.05) is 11.6 Å². The maximum atomic E-state index is 5.74. The molecule has 0 atom stereocenters. The van der Waals surface area contributed by atoms with E-state index in [1.165, 1.54) is 5.56 Å². The molecular weight excluding hydrogens is 274 g/mol. The smallest absolute Gasteiger partial charge is 0.174 e. The summed E-state index contributed by atoms with van der Waals surface area (Å²) in [7, 11) is 0. The molecule has 22 heavy (non-hydrogen) atoms. The zero-order valence-corrected chi connectivity index (χ0v) is 12.8. The van der Waals surface area contributed by atoms with Crippen molar-refractivity contribution in [2.75, 3.05) is 0 Å². The summed E-state index contributed by atoms with van der Waals surface area (Å²) in [4.78, 5) is 0. The Morgan fingerprint density at radius 2 is 1.73 bits per heavy atom. The van der Waals surface area contributed by atoms with E-state index in [-0.39, 0.29) is 0 Å². The number of benzene rings is 2. The molecule has 0 unspecified atom stereocenters. The van der Waals surface area contributed by atoms with Gasteiger partial charge in [0.15, 0.2) is 5.76 Å². The monoisotopic (exact) mass is 293 g/mol. The van der Waals surface area contributed by atoms with Gasteiger partial charge in [-0.2, -0.15) is 0 Å². The number of ether oxygens (including phenoxy) is 1. The van der Waals surface area contributed by atoms with Crippen LogP contribution in [0.2, 0.25) is 0 Å². The van der Waals surface area contributed by atoms with E-state index in [2.05, 4.69) is 31.1 Å². The van der Waals surface area contributed by atoms with Gasteiger partial charge in [-0.05, 0) is 23.6 Å². The zero-order chi connectivity index (χ0) is 15.4. The summed E-state index contributed by atoms with van der Waals surface area (Å²) in [5.74, 6) is 2.07. The van der Waals surface area contributed by atoms with Crippen LogP contribution in [0, 0.1) is 0 Å². The third-order valence-electron chi connectivity index (χ3n) is 3.56. The molecule has 112 valence electrons. The second kappa shape index (κ2) is 6.48. The first kappa shape index (κ1) is 14.4. The van der Waals surface area contributed by atoms with Crippen LogP contribution in [0.1, 0.15) is 31.1 Å². The fraction of sp³-hybridized carbons (Fsp3) is 0.211. The minimum absolute atomic E-state index is 0.376. The Morgan fingerprint density at radius 3 is 2.41 bits per heavy atom. The number of aromatic nitrogens is 1. The molecule has 1 heterocycles. The van der Waals surface area contributed by atoms with Crippen LogP contribution in [0.5, 0.6) is 5.75 Å². The van der Waals surface area contributed by atoms with E-state index in [9.17, 15) is 0 Å². The molecule has 0 amide bonds. The van der Waals surface area contributed by atoms with E-state index in [4.69, 9.17) is 9.26 Å². The summed E-state index contributed by atoms with van der Waals surface area (Å²) < 4.78 is 11.1. The first-order chi connectivity index (χ1) is 10.7. The predicted octanol–water partition coefficient (Wildman–Crippen LogP) is 5.04. The number of rotatable bonds is 5. The molecule has 3 heteroatoms. The van der Waals surface area contributed by atoms with Crippen LogP contribution in [0.3, 0.4) is 0 Å². The molecule has 0 aliphatic carbocycles. The standard InChI is InChI=1S/C19H19NO2/c1-14(2)15-8-10-17(11-9-15)21-13-18-12-19(20-22-18)16-6-4-3-5-7-16/h3-12,14H,13H2,1-2H3. The van der Waals surface area contributed by atoms with Gasteiger partial charge in [-0.25, -0.2) is 0 Å². The lowest BCUT2D eigenvalue weighted by Crippen LogP contribution is -1.94. The van der Waals surface area contributed by atoms with Crippen molar-refractivity contribution in [2.45, 2.75) is 26.4 Å². The number of nitrogens with zero attached hydrogens (tertiary/aromatic N) is 1. The van der Waals surface area contributed by atoms with E-state index in [1.807, 2.05) is 48.5 Å². The third-order valence-corrected chi connectivity index (χ3v) is 3.56. The van der Waals surface area contributed by atoms with E-state index in [0.29, 0.717) is 18.3 Å². The molecule has 1 aromatic heterocycles. The van der Waals surface area contributed by atoms with Crippen molar-refractivity contribution in [1.29, 1.82) is 0 Å². The molecule has 0 saturated heterocycles. The lowest BCUT2D eigenvalue weighted by Gasteiger charge is -2.07. The fourth-order valence-electron chi connectivity index (χ4n) is 2.23. The third kappa shape index (κ3) is 3.37. The van der Waals surface area contributed by atoms with Crippen molar-refractivity contribution < 1.29 is 9.26 Å². The first-order valence-corrected chi connectivity index (χ1v) is 7.46. The Hall–Kier alpha value is -2.55. The lowest BCUT2D eigenvalue weighted by atomic mass is 10.0. The molecule has 3 rings (SSSR count). The largest absolute Gasteiger partial charge is 0.486 e. The van der Waals surface area contributed by atoms with Gasteiger partial charge in [0.2, 0.25) is 0 Å². The van der Waals surface area contributed by atoms with E-state index >= 15 is 0 Å². The first-order valence-electron chi connectivity index (χ1n) is 7.46. The Morgan fingerprint density at radius 1 is 1.00 bits per heavy atom. The molecule has 0 N–H and O–H groups in total. The minimum atomic E-state index is 0.376. The second-order valence-electron chi connectivity index (χ2n) is 5.56.